The third kappa shape index (κ3) is 1.64. The minimum absolute atomic E-state index is 0.0478. The smallest absolute Gasteiger partial charge is 0.405 e. The van der Waals surface area contributed by atoms with Crippen molar-refractivity contribution in [2.75, 3.05) is 0 Å². The lowest BCUT2D eigenvalue weighted by atomic mass is 10.4. The van der Waals surface area contributed by atoms with E-state index in [1.54, 1.807) is 6.29 Å². The Morgan fingerprint density at radius 2 is 2.36 bits per heavy atom. The molecule has 1 radical (unpaired) electrons. The second kappa shape index (κ2) is 2.96. The lowest BCUT2D eigenvalue weighted by Crippen LogP contribution is -1.84. The van der Waals surface area contributed by atoms with Crippen LogP contribution in [0, 0.1) is 10.1 Å². The second-order valence-corrected chi connectivity index (χ2v) is 1.82. The zero-order valence-electron chi connectivity index (χ0n) is 5.44. The van der Waals surface area contributed by atoms with E-state index in [-0.39, 0.29) is 18.1 Å². The van der Waals surface area contributed by atoms with Gasteiger partial charge in [0.15, 0.2) is 0 Å². The van der Waals surface area contributed by atoms with Crippen molar-refractivity contribution in [1.82, 2.24) is 0 Å². The van der Waals surface area contributed by atoms with Crippen molar-refractivity contribution < 1.29 is 14.1 Å². The van der Waals surface area contributed by atoms with Crippen molar-refractivity contribution in [2.45, 2.75) is 6.42 Å². The third-order valence-electron chi connectivity index (χ3n) is 1.07. The fraction of sp³-hybridized carbons (Fsp3) is 0.167. The Balaban J connectivity index is 2.81. The van der Waals surface area contributed by atoms with E-state index >= 15 is 0 Å². The van der Waals surface area contributed by atoms with E-state index in [9.17, 15) is 14.9 Å². The van der Waals surface area contributed by atoms with E-state index in [4.69, 9.17) is 0 Å². The van der Waals surface area contributed by atoms with Crippen LogP contribution in [0.25, 0.3) is 0 Å². The van der Waals surface area contributed by atoms with Crippen LogP contribution in [0.15, 0.2) is 16.5 Å². The van der Waals surface area contributed by atoms with E-state index in [2.05, 4.69) is 4.42 Å². The zero-order valence-corrected chi connectivity index (χ0v) is 5.44. The molecule has 0 spiro atoms. The molecule has 5 heteroatoms. The second-order valence-electron chi connectivity index (χ2n) is 1.82. The first kappa shape index (κ1) is 7.46. The summed E-state index contributed by atoms with van der Waals surface area (Å²) in [7, 11) is 0. The van der Waals surface area contributed by atoms with E-state index in [0.29, 0.717) is 0 Å². The number of rotatable bonds is 3. The summed E-state index contributed by atoms with van der Waals surface area (Å²) in [5.74, 6) is -0.0954. The van der Waals surface area contributed by atoms with Gasteiger partial charge in [0, 0.05) is 0 Å². The fourth-order valence-corrected chi connectivity index (χ4v) is 0.631. The first-order valence-electron chi connectivity index (χ1n) is 2.82. The number of furan rings is 1. The highest BCUT2D eigenvalue weighted by Crippen LogP contribution is 2.14. The van der Waals surface area contributed by atoms with Crippen molar-refractivity contribution in [1.29, 1.82) is 0 Å². The molecule has 0 saturated heterocycles. The van der Waals surface area contributed by atoms with Crippen molar-refractivity contribution in [3.8, 4) is 0 Å². The molecule has 1 rings (SSSR count). The summed E-state index contributed by atoms with van der Waals surface area (Å²) in [5, 5.41) is 10.0. The normalized spacial score (nSPS) is 9.45. The number of nitro groups is 1. The SMILES string of the molecule is O=[C]Cc1ccc([N+](=O)[O-])o1. The summed E-state index contributed by atoms with van der Waals surface area (Å²) >= 11 is 0. The average Bonchev–Trinajstić information content (AvgIpc) is 2.37. The van der Waals surface area contributed by atoms with E-state index in [0.717, 1.165) is 0 Å². The standard InChI is InChI=1S/C6H4NO4/c8-4-3-5-1-2-6(11-5)7(9)10/h1-2H,3H2. The summed E-state index contributed by atoms with van der Waals surface area (Å²) < 4.78 is 4.62. The Hall–Kier alpha value is -1.65. The molecule has 0 bridgehead atoms. The molecule has 0 fully saturated rings. The van der Waals surface area contributed by atoms with Gasteiger partial charge in [0.1, 0.15) is 10.7 Å². The van der Waals surface area contributed by atoms with Gasteiger partial charge in [0.2, 0.25) is 6.29 Å². The van der Waals surface area contributed by atoms with Crippen LogP contribution < -0.4 is 0 Å². The maximum absolute atomic E-state index is 10.0. The first-order chi connectivity index (χ1) is 5.24. The molecular weight excluding hydrogens is 150 g/mol. The largest absolute Gasteiger partial charge is 0.433 e. The minimum atomic E-state index is -0.658. The number of carbonyl (C=O) groups excluding carboxylic acids is 1. The molecule has 0 atom stereocenters. The molecule has 1 aromatic rings. The van der Waals surface area contributed by atoms with Gasteiger partial charge in [-0.05, 0) is 6.07 Å². The lowest BCUT2D eigenvalue weighted by molar-refractivity contribution is -0.402. The van der Waals surface area contributed by atoms with Gasteiger partial charge in [-0.25, -0.2) is 0 Å². The Kier molecular flexibility index (Phi) is 2.00. The van der Waals surface area contributed by atoms with E-state index < -0.39 is 4.92 Å². The molecule has 0 saturated carbocycles. The highest BCUT2D eigenvalue weighted by molar-refractivity contribution is 5.54. The molecule has 1 heterocycles. The summed E-state index contributed by atoms with van der Waals surface area (Å²) in [6.45, 7) is 0. The topological polar surface area (TPSA) is 73.3 Å². The van der Waals surface area contributed by atoms with Crippen molar-refractivity contribution in [2.24, 2.45) is 0 Å². The molecule has 0 aliphatic rings. The minimum Gasteiger partial charge on any atom is -0.405 e. The van der Waals surface area contributed by atoms with E-state index in [1.807, 2.05) is 0 Å². The Morgan fingerprint density at radius 3 is 2.82 bits per heavy atom. The molecule has 0 amide bonds. The zero-order chi connectivity index (χ0) is 8.27. The maximum Gasteiger partial charge on any atom is 0.433 e. The molecule has 0 aliphatic heterocycles. The van der Waals surface area contributed by atoms with Gasteiger partial charge in [-0.15, -0.1) is 0 Å². The summed E-state index contributed by atoms with van der Waals surface area (Å²) in [6.07, 6.45) is 1.52. The number of hydrogen-bond donors (Lipinski definition) is 0. The highest BCUT2D eigenvalue weighted by atomic mass is 16.6. The Bertz CT molecular complexity index is 278. The fourth-order valence-electron chi connectivity index (χ4n) is 0.631. The molecule has 0 unspecified atom stereocenters. The summed E-state index contributed by atoms with van der Waals surface area (Å²) in [6, 6.07) is 2.58. The van der Waals surface area contributed by atoms with Crippen LogP contribution in [0.2, 0.25) is 0 Å². The monoisotopic (exact) mass is 154 g/mol. The van der Waals surface area contributed by atoms with Crippen molar-refractivity contribution in [3.63, 3.8) is 0 Å². The Labute approximate surface area is 61.8 Å². The molecule has 0 aliphatic carbocycles. The molecule has 0 aromatic carbocycles. The van der Waals surface area contributed by atoms with Gasteiger partial charge in [0.05, 0.1) is 12.5 Å². The van der Waals surface area contributed by atoms with Crippen LogP contribution >= 0.6 is 0 Å². The molecule has 1 aromatic heterocycles. The van der Waals surface area contributed by atoms with Gasteiger partial charge < -0.3 is 4.42 Å². The van der Waals surface area contributed by atoms with Gasteiger partial charge in [-0.1, -0.05) is 0 Å². The first-order valence-corrected chi connectivity index (χ1v) is 2.82. The number of nitrogens with zero attached hydrogens (tertiary/aromatic N) is 1. The van der Waals surface area contributed by atoms with Crippen LogP contribution in [0.1, 0.15) is 5.76 Å². The summed E-state index contributed by atoms with van der Waals surface area (Å²) in [5.41, 5.74) is 0. The van der Waals surface area contributed by atoms with Gasteiger partial charge in [0.25, 0.3) is 0 Å². The lowest BCUT2D eigenvalue weighted by Gasteiger charge is -1.82. The summed E-state index contributed by atoms with van der Waals surface area (Å²) in [4.78, 5) is 19.2. The predicted octanol–water partition coefficient (Wildman–Crippen LogP) is 0.840. The molecular formula is C6H4NO4. The van der Waals surface area contributed by atoms with Crippen LogP contribution in [-0.4, -0.2) is 11.2 Å². The Morgan fingerprint density at radius 1 is 1.64 bits per heavy atom. The van der Waals surface area contributed by atoms with Crippen LogP contribution in [-0.2, 0) is 11.2 Å². The maximum atomic E-state index is 10.0. The van der Waals surface area contributed by atoms with Crippen molar-refractivity contribution >= 4 is 12.2 Å². The van der Waals surface area contributed by atoms with Crippen LogP contribution in [0.4, 0.5) is 5.88 Å². The molecule has 11 heavy (non-hydrogen) atoms. The van der Waals surface area contributed by atoms with Gasteiger partial charge in [-0.2, -0.15) is 0 Å². The van der Waals surface area contributed by atoms with Crippen molar-refractivity contribution in [3.05, 3.63) is 28.0 Å². The predicted molar refractivity (Wildman–Crippen MR) is 34.8 cm³/mol. The molecule has 0 N–H and O–H groups in total. The van der Waals surface area contributed by atoms with Crippen LogP contribution in [0.5, 0.6) is 0 Å². The number of hydrogen-bond acceptors (Lipinski definition) is 4. The molecule has 57 valence electrons. The van der Waals surface area contributed by atoms with Crippen LogP contribution in [0.3, 0.4) is 0 Å². The molecule has 5 nitrogen and oxygen atoms in total. The van der Waals surface area contributed by atoms with Gasteiger partial charge in [-0.3, -0.25) is 14.9 Å². The van der Waals surface area contributed by atoms with E-state index in [1.165, 1.54) is 12.1 Å². The quantitative estimate of drug-likeness (QED) is 0.477. The third-order valence-corrected chi connectivity index (χ3v) is 1.07. The average molecular weight is 154 g/mol. The highest BCUT2D eigenvalue weighted by Gasteiger charge is 2.10. The van der Waals surface area contributed by atoms with Gasteiger partial charge >= 0.3 is 5.88 Å².